The Balaban J connectivity index is 1.69. The number of hydrogen-bond acceptors (Lipinski definition) is 6. The molecule has 138 valence electrons. The van der Waals surface area contributed by atoms with E-state index in [1.165, 1.54) is 4.42 Å². The summed E-state index contributed by atoms with van der Waals surface area (Å²) < 4.78 is 27.7. The zero-order chi connectivity index (χ0) is 18.1. The number of allylic oxidation sites excluding steroid dienone is 2. The highest BCUT2D eigenvalue weighted by molar-refractivity contribution is 7.95. The monoisotopic (exact) mass is 392 g/mol. The quantitative estimate of drug-likeness (QED) is 0.767. The van der Waals surface area contributed by atoms with Crippen molar-refractivity contribution in [3.8, 4) is 0 Å². The molecule has 6 nitrogen and oxygen atoms in total. The second-order valence-corrected chi connectivity index (χ2v) is 8.87. The minimum absolute atomic E-state index is 0.128. The van der Waals surface area contributed by atoms with Crippen LogP contribution < -0.4 is 10.7 Å². The average molecular weight is 393 g/mol. The highest BCUT2D eigenvalue weighted by atomic mass is 35.5. The third-order valence-electron chi connectivity index (χ3n) is 4.89. The molecule has 0 saturated carbocycles. The maximum Gasteiger partial charge on any atom is 0.225 e. The molecule has 1 fully saturated rings. The number of nitrogens with one attached hydrogen (secondary N) is 2. The Hall–Kier alpha value is -1.96. The lowest BCUT2D eigenvalue weighted by Crippen LogP contribution is -2.40. The number of piperidine rings is 1. The fourth-order valence-electron chi connectivity index (χ4n) is 3.51. The Bertz CT molecular complexity index is 874. The first-order valence-electron chi connectivity index (χ1n) is 8.70. The van der Waals surface area contributed by atoms with Crippen LogP contribution in [0.5, 0.6) is 0 Å². The second-order valence-electron chi connectivity index (χ2n) is 6.61. The summed E-state index contributed by atoms with van der Waals surface area (Å²) in [5.41, 5.74) is 4.39. The largest absolute Gasteiger partial charge is 0.317 e. The Labute approximate surface area is 158 Å². The third-order valence-corrected chi connectivity index (χ3v) is 6.89. The number of sulfone groups is 1. The zero-order valence-corrected chi connectivity index (χ0v) is 15.8. The first kappa shape index (κ1) is 17.5. The molecule has 26 heavy (non-hydrogen) atoms. The van der Waals surface area contributed by atoms with Crippen LogP contribution in [-0.4, -0.2) is 37.5 Å². The number of nitrogens with zero attached hydrogens (tertiary/aromatic N) is 2. The summed E-state index contributed by atoms with van der Waals surface area (Å²) in [7, 11) is -3.70. The Morgan fingerprint density at radius 3 is 2.62 bits per heavy atom. The fraction of sp³-hybridized carbons (Fsp3) is 0.333. The van der Waals surface area contributed by atoms with Crippen molar-refractivity contribution in [3.05, 3.63) is 65.1 Å². The van der Waals surface area contributed by atoms with Crippen LogP contribution in [0, 0.1) is 5.92 Å². The molecule has 0 amide bonds. The average Bonchev–Trinajstić information content (AvgIpc) is 3.04. The number of rotatable bonds is 4. The lowest BCUT2D eigenvalue weighted by molar-refractivity contribution is 0.223. The predicted molar refractivity (Wildman–Crippen MR) is 101 cm³/mol. The topological polar surface area (TPSA) is 64.7 Å². The molecule has 2 N–H and O–H groups in total. The number of hydrogen-bond donors (Lipinski definition) is 2. The molecule has 3 heterocycles. The molecule has 4 rings (SSSR count). The van der Waals surface area contributed by atoms with Crippen LogP contribution in [0.3, 0.4) is 0 Å². The van der Waals surface area contributed by atoms with Gasteiger partial charge in [-0.3, -0.25) is 14.9 Å². The van der Waals surface area contributed by atoms with Gasteiger partial charge in [0, 0.05) is 24.5 Å². The molecular weight excluding hydrogens is 372 g/mol. The zero-order valence-electron chi connectivity index (χ0n) is 14.2. The van der Waals surface area contributed by atoms with Gasteiger partial charge < -0.3 is 5.32 Å². The minimum Gasteiger partial charge on any atom is -0.317 e. The van der Waals surface area contributed by atoms with Crippen molar-refractivity contribution in [1.29, 1.82) is 0 Å². The predicted octanol–water partition coefficient (Wildman–Crippen LogP) is 2.32. The summed E-state index contributed by atoms with van der Waals surface area (Å²) in [6.45, 7) is 2.73. The van der Waals surface area contributed by atoms with E-state index in [0.717, 1.165) is 38.2 Å². The van der Waals surface area contributed by atoms with Crippen LogP contribution in [-0.2, 0) is 9.84 Å². The van der Waals surface area contributed by atoms with Gasteiger partial charge in [0.05, 0.1) is 10.6 Å². The molecule has 0 radical (unpaired) electrons. The molecule has 1 aromatic carbocycles. The normalized spacial score (nSPS) is 20.9. The lowest BCUT2D eigenvalue weighted by atomic mass is 9.98. The van der Waals surface area contributed by atoms with Gasteiger partial charge >= 0.3 is 0 Å². The van der Waals surface area contributed by atoms with Crippen molar-refractivity contribution in [1.82, 2.24) is 20.2 Å². The van der Waals surface area contributed by atoms with E-state index in [9.17, 15) is 8.42 Å². The SMILES string of the molecule is O=S(=O)(C1=C2C(=CC=CN2Cl)N(CC2CCNCC2)N1)c1ccccc1. The van der Waals surface area contributed by atoms with Crippen molar-refractivity contribution in [3.63, 3.8) is 0 Å². The molecule has 0 spiro atoms. The summed E-state index contributed by atoms with van der Waals surface area (Å²) in [6.07, 6.45) is 7.51. The van der Waals surface area contributed by atoms with Crippen LogP contribution in [0.1, 0.15) is 12.8 Å². The van der Waals surface area contributed by atoms with Crippen molar-refractivity contribution in [2.24, 2.45) is 5.92 Å². The van der Waals surface area contributed by atoms with Gasteiger partial charge in [0.2, 0.25) is 9.84 Å². The Morgan fingerprint density at radius 1 is 1.15 bits per heavy atom. The minimum atomic E-state index is -3.70. The van der Waals surface area contributed by atoms with E-state index >= 15 is 0 Å². The van der Waals surface area contributed by atoms with Crippen molar-refractivity contribution in [2.45, 2.75) is 17.7 Å². The molecule has 3 aliphatic heterocycles. The Morgan fingerprint density at radius 2 is 1.88 bits per heavy atom. The smallest absolute Gasteiger partial charge is 0.225 e. The maximum atomic E-state index is 13.2. The first-order valence-corrected chi connectivity index (χ1v) is 10.5. The van der Waals surface area contributed by atoms with Gasteiger partial charge in [-0.1, -0.05) is 18.2 Å². The summed E-state index contributed by atoms with van der Waals surface area (Å²) in [5, 5.41) is 5.40. The van der Waals surface area contributed by atoms with Gasteiger partial charge in [-0.05, 0) is 56.1 Å². The summed E-state index contributed by atoms with van der Waals surface area (Å²) in [4.78, 5) is 0.248. The van der Waals surface area contributed by atoms with Crippen molar-refractivity contribution in [2.75, 3.05) is 19.6 Å². The highest BCUT2D eigenvalue weighted by Crippen LogP contribution is 2.37. The van der Waals surface area contributed by atoms with Crippen LogP contribution in [0.4, 0.5) is 0 Å². The molecule has 0 unspecified atom stereocenters. The summed E-state index contributed by atoms with van der Waals surface area (Å²) in [5.74, 6) is 0.499. The van der Waals surface area contributed by atoms with E-state index < -0.39 is 9.84 Å². The van der Waals surface area contributed by atoms with Crippen LogP contribution >= 0.6 is 11.8 Å². The molecule has 0 aliphatic carbocycles. The molecule has 0 atom stereocenters. The summed E-state index contributed by atoms with van der Waals surface area (Å²) >= 11 is 6.32. The molecule has 0 aromatic heterocycles. The molecule has 0 bridgehead atoms. The van der Waals surface area contributed by atoms with E-state index in [0.29, 0.717) is 11.6 Å². The first-order chi connectivity index (χ1) is 12.6. The molecule has 8 heteroatoms. The van der Waals surface area contributed by atoms with E-state index in [4.69, 9.17) is 11.8 Å². The van der Waals surface area contributed by atoms with Crippen LogP contribution in [0.2, 0.25) is 0 Å². The maximum absolute atomic E-state index is 13.2. The molecule has 3 aliphatic rings. The fourth-order valence-corrected chi connectivity index (χ4v) is 5.24. The van der Waals surface area contributed by atoms with Gasteiger partial charge in [0.15, 0.2) is 5.03 Å². The van der Waals surface area contributed by atoms with Gasteiger partial charge in [0.25, 0.3) is 0 Å². The van der Waals surface area contributed by atoms with Crippen LogP contribution in [0.25, 0.3) is 0 Å². The van der Waals surface area contributed by atoms with E-state index in [-0.39, 0.29) is 9.92 Å². The van der Waals surface area contributed by atoms with Gasteiger partial charge in [-0.25, -0.2) is 8.42 Å². The standard InChI is InChI=1S/C18H21ClN4O2S/c19-22-12-4-7-16-17(22)18(26(24,25)15-5-2-1-3-6-15)21-23(16)13-14-8-10-20-11-9-14/h1-7,12,14,20-21H,8-11,13H2. The van der Waals surface area contributed by atoms with E-state index in [2.05, 4.69) is 10.7 Å². The van der Waals surface area contributed by atoms with Crippen molar-refractivity contribution < 1.29 is 8.42 Å². The third kappa shape index (κ3) is 3.11. The van der Waals surface area contributed by atoms with Crippen molar-refractivity contribution >= 4 is 21.6 Å². The summed E-state index contributed by atoms with van der Waals surface area (Å²) in [6, 6.07) is 8.43. The molecule has 1 aromatic rings. The Kier molecular flexibility index (Phi) is 4.69. The second kappa shape index (κ2) is 6.98. The van der Waals surface area contributed by atoms with Gasteiger partial charge in [0.1, 0.15) is 5.70 Å². The number of benzene rings is 1. The van der Waals surface area contributed by atoms with E-state index in [1.54, 1.807) is 36.5 Å². The van der Waals surface area contributed by atoms with Crippen LogP contribution in [0.15, 0.2) is 70.0 Å². The van der Waals surface area contributed by atoms with Gasteiger partial charge in [-0.2, -0.15) is 0 Å². The van der Waals surface area contributed by atoms with Gasteiger partial charge in [-0.15, -0.1) is 0 Å². The molecular formula is C18H21ClN4O2S. The lowest BCUT2D eigenvalue weighted by Gasteiger charge is -2.30. The van der Waals surface area contributed by atoms with E-state index in [1.807, 2.05) is 17.2 Å². The number of halogens is 1. The number of fused-ring (bicyclic) bond motifs is 1. The highest BCUT2D eigenvalue weighted by Gasteiger charge is 2.39. The number of hydrazine groups is 1. The molecule has 1 saturated heterocycles.